The molecule has 0 saturated carbocycles. The summed E-state index contributed by atoms with van der Waals surface area (Å²) in [5.41, 5.74) is 7.81. The Bertz CT molecular complexity index is 853. The SMILES string of the molecule is [2H]C1(C(C)C)C=C(Oc2c(Cl)cc(N3NC(C)(C)NC3=O)cc2Cl)NNC1=O. The predicted molar refractivity (Wildman–Crippen MR) is 103 cm³/mol. The molecule has 0 radical (unpaired) electrons. The van der Waals surface area contributed by atoms with Crippen LogP contribution < -0.4 is 31.3 Å². The van der Waals surface area contributed by atoms with Crippen molar-refractivity contribution in [2.24, 2.45) is 11.8 Å². The summed E-state index contributed by atoms with van der Waals surface area (Å²) in [6.07, 6.45) is 1.37. The van der Waals surface area contributed by atoms with E-state index in [1.165, 1.54) is 23.2 Å². The van der Waals surface area contributed by atoms with E-state index in [9.17, 15) is 9.59 Å². The van der Waals surface area contributed by atoms with Gasteiger partial charge in [-0.05, 0) is 38.0 Å². The third kappa shape index (κ3) is 4.07. The molecule has 146 valence electrons. The number of carbonyl (C=O) groups is 2. The summed E-state index contributed by atoms with van der Waals surface area (Å²) in [4.78, 5) is 24.1. The van der Waals surface area contributed by atoms with E-state index in [2.05, 4.69) is 21.6 Å². The van der Waals surface area contributed by atoms with E-state index < -0.39 is 17.5 Å². The molecule has 1 aromatic rings. The third-order valence-electron chi connectivity index (χ3n) is 3.94. The number of urea groups is 1. The topological polar surface area (TPSA) is 94.7 Å². The van der Waals surface area contributed by atoms with Crippen LogP contribution in [-0.2, 0) is 4.79 Å². The number of nitrogens with one attached hydrogen (secondary N) is 4. The Morgan fingerprint density at radius 2 is 1.85 bits per heavy atom. The fourth-order valence-corrected chi connectivity index (χ4v) is 3.22. The van der Waals surface area contributed by atoms with E-state index in [0.29, 0.717) is 5.69 Å². The number of hydrogen-bond donors (Lipinski definition) is 4. The molecule has 2 aliphatic heterocycles. The fraction of sp³-hybridized carbons (Fsp3) is 0.412. The van der Waals surface area contributed by atoms with Gasteiger partial charge in [-0.3, -0.25) is 15.6 Å². The standard InChI is InChI=1S/C17H21Cl2N5O3/c1-8(2)10-7-13(21-22-15(10)25)27-14-11(18)5-9(6-12(14)19)24-16(26)20-17(3,4)23-24/h5-8,10,21,23H,1-4H3,(H,20,26)(H,22,25)/i10D. The molecule has 2 heterocycles. The zero-order chi connectivity index (χ0) is 20.9. The minimum absolute atomic E-state index is 0.123. The summed E-state index contributed by atoms with van der Waals surface area (Å²) in [7, 11) is 0. The number of benzene rings is 1. The largest absolute Gasteiger partial charge is 0.437 e. The first-order valence-corrected chi connectivity index (χ1v) is 9.05. The maximum atomic E-state index is 12.1. The van der Waals surface area contributed by atoms with E-state index in [1.54, 1.807) is 13.8 Å². The number of halogens is 2. The average molecular weight is 415 g/mol. The Balaban J connectivity index is 1.89. The van der Waals surface area contributed by atoms with Crippen LogP contribution in [-0.4, -0.2) is 17.6 Å². The van der Waals surface area contributed by atoms with Gasteiger partial charge in [-0.25, -0.2) is 15.2 Å². The van der Waals surface area contributed by atoms with Gasteiger partial charge in [-0.1, -0.05) is 37.0 Å². The molecule has 3 amide bonds. The molecule has 3 rings (SSSR count). The first-order chi connectivity index (χ1) is 12.9. The monoisotopic (exact) mass is 414 g/mol. The lowest BCUT2D eigenvalue weighted by Crippen LogP contribution is -2.47. The number of rotatable bonds is 4. The third-order valence-corrected chi connectivity index (χ3v) is 4.50. The molecule has 1 saturated heterocycles. The van der Waals surface area contributed by atoms with E-state index in [-0.39, 0.29) is 33.6 Å². The van der Waals surface area contributed by atoms with Crippen molar-refractivity contribution >= 4 is 40.8 Å². The molecule has 10 heteroatoms. The van der Waals surface area contributed by atoms with E-state index >= 15 is 0 Å². The Hall–Kier alpha value is -2.16. The van der Waals surface area contributed by atoms with Gasteiger partial charge in [0.15, 0.2) is 5.75 Å². The molecule has 2 aliphatic rings. The van der Waals surface area contributed by atoms with Crippen LogP contribution in [0, 0.1) is 11.8 Å². The van der Waals surface area contributed by atoms with Gasteiger partial charge in [0.2, 0.25) is 11.8 Å². The van der Waals surface area contributed by atoms with E-state index in [1.807, 2.05) is 13.8 Å². The van der Waals surface area contributed by atoms with Crippen molar-refractivity contribution in [3.63, 3.8) is 0 Å². The maximum Gasteiger partial charge on any atom is 0.338 e. The number of amides is 3. The van der Waals surface area contributed by atoms with Gasteiger partial charge >= 0.3 is 6.03 Å². The summed E-state index contributed by atoms with van der Waals surface area (Å²) in [5, 5.41) is 4.37. The van der Waals surface area contributed by atoms with Crippen LogP contribution in [0.3, 0.4) is 0 Å². The summed E-state index contributed by atoms with van der Waals surface area (Å²) >= 11 is 12.7. The maximum absolute atomic E-state index is 12.1. The molecule has 27 heavy (non-hydrogen) atoms. The molecule has 1 atom stereocenters. The predicted octanol–water partition coefficient (Wildman–Crippen LogP) is 2.89. The van der Waals surface area contributed by atoms with Crippen molar-refractivity contribution in [2.75, 3.05) is 5.01 Å². The first kappa shape index (κ1) is 18.2. The lowest BCUT2D eigenvalue weighted by Gasteiger charge is -2.25. The van der Waals surface area contributed by atoms with Gasteiger partial charge < -0.3 is 10.1 Å². The average Bonchev–Trinajstić information content (AvgIpc) is 2.86. The van der Waals surface area contributed by atoms with E-state index in [0.717, 1.165) is 0 Å². The second kappa shape index (κ2) is 7.10. The van der Waals surface area contributed by atoms with Crippen LogP contribution in [0.5, 0.6) is 5.75 Å². The minimum atomic E-state index is -1.50. The molecule has 0 aromatic heterocycles. The molecule has 1 fully saturated rings. The van der Waals surface area contributed by atoms with Gasteiger partial charge in [0.1, 0.15) is 5.66 Å². The van der Waals surface area contributed by atoms with Crippen molar-refractivity contribution in [2.45, 2.75) is 33.4 Å². The number of hydrogen-bond acceptors (Lipinski definition) is 5. The fourth-order valence-electron chi connectivity index (χ4n) is 2.66. The lowest BCUT2D eigenvalue weighted by atomic mass is 9.94. The highest BCUT2D eigenvalue weighted by molar-refractivity contribution is 6.37. The first-order valence-electron chi connectivity index (χ1n) is 8.79. The molecular formula is C17H21Cl2N5O3. The second-order valence-electron chi connectivity index (χ2n) is 7.04. The zero-order valence-corrected chi connectivity index (χ0v) is 16.7. The summed E-state index contributed by atoms with van der Waals surface area (Å²) in [6, 6.07) is 2.70. The van der Waals surface area contributed by atoms with Crippen LogP contribution in [0.2, 0.25) is 10.0 Å². The summed E-state index contributed by atoms with van der Waals surface area (Å²) in [5.74, 6) is -2.02. The molecule has 1 unspecified atom stereocenters. The van der Waals surface area contributed by atoms with Crippen LogP contribution in [0.1, 0.15) is 29.1 Å². The van der Waals surface area contributed by atoms with Gasteiger partial charge in [0.05, 0.1) is 21.6 Å². The van der Waals surface area contributed by atoms with Crippen molar-refractivity contribution in [3.05, 3.63) is 34.1 Å². The van der Waals surface area contributed by atoms with Crippen LogP contribution in [0.15, 0.2) is 24.1 Å². The van der Waals surface area contributed by atoms with Gasteiger partial charge in [0.25, 0.3) is 0 Å². The molecular weight excluding hydrogens is 393 g/mol. The van der Waals surface area contributed by atoms with Gasteiger partial charge in [-0.2, -0.15) is 0 Å². The lowest BCUT2D eigenvalue weighted by molar-refractivity contribution is -0.126. The Kier molecular flexibility index (Phi) is 4.79. The van der Waals surface area contributed by atoms with Gasteiger partial charge in [-0.15, -0.1) is 0 Å². The Labute approximate surface area is 168 Å². The number of nitrogens with zero attached hydrogens (tertiary/aromatic N) is 1. The Morgan fingerprint density at radius 1 is 1.22 bits per heavy atom. The molecule has 1 aromatic carbocycles. The quantitative estimate of drug-likeness (QED) is 0.607. The van der Waals surface area contributed by atoms with E-state index in [4.69, 9.17) is 29.3 Å². The van der Waals surface area contributed by atoms with Crippen molar-refractivity contribution in [3.8, 4) is 5.75 Å². The van der Waals surface area contributed by atoms with Crippen molar-refractivity contribution < 1.29 is 15.7 Å². The number of anilines is 1. The van der Waals surface area contributed by atoms with Crippen LogP contribution in [0.25, 0.3) is 0 Å². The van der Waals surface area contributed by atoms with Gasteiger partial charge in [0, 0.05) is 1.37 Å². The summed E-state index contributed by atoms with van der Waals surface area (Å²) < 4.78 is 14.1. The number of carbonyl (C=O) groups excluding carboxylic acids is 2. The van der Waals surface area contributed by atoms with Crippen molar-refractivity contribution in [1.29, 1.82) is 0 Å². The molecule has 0 bridgehead atoms. The van der Waals surface area contributed by atoms with Crippen LogP contribution in [0.4, 0.5) is 10.5 Å². The van der Waals surface area contributed by atoms with Crippen LogP contribution >= 0.6 is 23.2 Å². The second-order valence-corrected chi connectivity index (χ2v) is 7.86. The molecule has 0 spiro atoms. The van der Waals surface area contributed by atoms with Crippen molar-refractivity contribution in [1.82, 2.24) is 21.6 Å². The Morgan fingerprint density at radius 3 is 2.37 bits per heavy atom. The number of hydrazine groups is 2. The smallest absolute Gasteiger partial charge is 0.338 e. The molecule has 0 aliphatic carbocycles. The molecule has 8 nitrogen and oxygen atoms in total. The highest BCUT2D eigenvalue weighted by Crippen LogP contribution is 2.38. The minimum Gasteiger partial charge on any atom is -0.437 e. The normalized spacial score (nSPS) is 24.8. The highest BCUT2D eigenvalue weighted by atomic mass is 35.5. The zero-order valence-electron chi connectivity index (χ0n) is 16.2. The molecule has 4 N–H and O–H groups in total. The number of ether oxygens (including phenoxy) is 1. The highest BCUT2D eigenvalue weighted by Gasteiger charge is 2.35. The summed E-state index contributed by atoms with van der Waals surface area (Å²) in [6.45, 7) is 7.14.